The average molecular weight is 257 g/mol. The summed E-state index contributed by atoms with van der Waals surface area (Å²) >= 11 is 1.74. The Hall–Kier alpha value is -1.86. The van der Waals surface area contributed by atoms with E-state index in [2.05, 4.69) is 40.8 Å². The molecule has 0 spiro atoms. The van der Waals surface area contributed by atoms with Crippen LogP contribution in [0.1, 0.15) is 36.2 Å². The van der Waals surface area contributed by atoms with E-state index in [-0.39, 0.29) is 6.04 Å². The zero-order valence-electron chi connectivity index (χ0n) is 10.3. The van der Waals surface area contributed by atoms with Gasteiger partial charge in [0.2, 0.25) is 0 Å². The summed E-state index contributed by atoms with van der Waals surface area (Å²) in [5.74, 6) is 0. The molecule has 2 aromatic heterocycles. The SMILES string of the molecule is CCCC(Nc1cnccc1C#N)c1cccs1. The number of anilines is 1. The van der Waals surface area contributed by atoms with Crippen molar-refractivity contribution in [2.24, 2.45) is 0 Å². The molecule has 1 unspecified atom stereocenters. The van der Waals surface area contributed by atoms with E-state index in [0.29, 0.717) is 5.56 Å². The maximum atomic E-state index is 9.08. The summed E-state index contributed by atoms with van der Waals surface area (Å²) in [7, 11) is 0. The van der Waals surface area contributed by atoms with E-state index in [0.717, 1.165) is 18.5 Å². The van der Waals surface area contributed by atoms with E-state index in [4.69, 9.17) is 5.26 Å². The number of hydrogen-bond donors (Lipinski definition) is 1. The number of nitrogens with one attached hydrogen (secondary N) is 1. The highest BCUT2D eigenvalue weighted by Crippen LogP contribution is 2.28. The minimum atomic E-state index is 0.256. The first-order valence-electron chi connectivity index (χ1n) is 5.99. The number of nitriles is 1. The second-order valence-corrected chi connectivity index (χ2v) is 5.01. The Bertz CT molecular complexity index is 528. The fraction of sp³-hybridized carbons (Fsp3) is 0.286. The van der Waals surface area contributed by atoms with Crippen LogP contribution in [0, 0.1) is 11.3 Å². The lowest BCUT2D eigenvalue weighted by atomic mass is 10.1. The smallest absolute Gasteiger partial charge is 0.101 e. The summed E-state index contributed by atoms with van der Waals surface area (Å²) in [6.07, 6.45) is 5.50. The fourth-order valence-electron chi connectivity index (χ4n) is 1.86. The normalized spacial score (nSPS) is 11.8. The molecule has 18 heavy (non-hydrogen) atoms. The third-order valence-electron chi connectivity index (χ3n) is 2.74. The fourth-order valence-corrected chi connectivity index (χ4v) is 2.67. The number of aromatic nitrogens is 1. The van der Waals surface area contributed by atoms with Gasteiger partial charge in [0.25, 0.3) is 0 Å². The molecule has 0 radical (unpaired) electrons. The highest BCUT2D eigenvalue weighted by molar-refractivity contribution is 7.10. The van der Waals surface area contributed by atoms with Gasteiger partial charge < -0.3 is 5.32 Å². The van der Waals surface area contributed by atoms with Gasteiger partial charge in [-0.25, -0.2) is 0 Å². The first kappa shape index (κ1) is 12.6. The van der Waals surface area contributed by atoms with Crippen molar-refractivity contribution >= 4 is 17.0 Å². The van der Waals surface area contributed by atoms with Crippen LogP contribution in [0.4, 0.5) is 5.69 Å². The van der Waals surface area contributed by atoms with Crippen LogP contribution in [-0.4, -0.2) is 4.98 Å². The number of thiophene rings is 1. The van der Waals surface area contributed by atoms with Crippen LogP contribution in [0.3, 0.4) is 0 Å². The predicted molar refractivity (Wildman–Crippen MR) is 74.5 cm³/mol. The highest BCUT2D eigenvalue weighted by Gasteiger charge is 2.13. The molecule has 0 aliphatic heterocycles. The Labute approximate surface area is 111 Å². The first-order valence-corrected chi connectivity index (χ1v) is 6.87. The average Bonchev–Trinajstić information content (AvgIpc) is 2.92. The molecule has 2 aromatic rings. The lowest BCUT2D eigenvalue weighted by Crippen LogP contribution is -2.10. The van der Waals surface area contributed by atoms with E-state index in [9.17, 15) is 0 Å². The minimum Gasteiger partial charge on any atom is -0.375 e. The summed E-state index contributed by atoms with van der Waals surface area (Å²) in [6, 6.07) is 8.36. The predicted octanol–water partition coefficient (Wildman–Crippen LogP) is 3.97. The van der Waals surface area contributed by atoms with E-state index in [1.165, 1.54) is 4.88 Å². The number of hydrogen-bond acceptors (Lipinski definition) is 4. The molecule has 2 heterocycles. The lowest BCUT2D eigenvalue weighted by Gasteiger charge is -2.18. The van der Waals surface area contributed by atoms with Crippen LogP contribution in [0.25, 0.3) is 0 Å². The van der Waals surface area contributed by atoms with Gasteiger partial charge in [0.1, 0.15) is 6.07 Å². The van der Waals surface area contributed by atoms with Crippen LogP contribution < -0.4 is 5.32 Å². The molecule has 0 saturated heterocycles. The zero-order valence-corrected chi connectivity index (χ0v) is 11.1. The van der Waals surface area contributed by atoms with Crippen LogP contribution in [0.2, 0.25) is 0 Å². The van der Waals surface area contributed by atoms with Crippen LogP contribution in [0.5, 0.6) is 0 Å². The minimum absolute atomic E-state index is 0.256. The zero-order chi connectivity index (χ0) is 12.8. The Kier molecular flexibility index (Phi) is 4.32. The van der Waals surface area contributed by atoms with Crippen molar-refractivity contribution in [2.45, 2.75) is 25.8 Å². The van der Waals surface area contributed by atoms with Gasteiger partial charge in [0.05, 0.1) is 23.5 Å². The van der Waals surface area contributed by atoms with Crippen molar-refractivity contribution in [3.63, 3.8) is 0 Å². The maximum Gasteiger partial charge on any atom is 0.101 e. The molecule has 0 aliphatic rings. The Balaban J connectivity index is 2.22. The summed E-state index contributed by atoms with van der Waals surface area (Å²) in [5.41, 5.74) is 1.45. The topological polar surface area (TPSA) is 48.7 Å². The standard InChI is InChI=1S/C14H15N3S/c1-2-4-12(14-5-3-8-18-14)17-13-10-16-7-6-11(13)9-15/h3,5-8,10,12,17H,2,4H2,1H3. The Morgan fingerprint density at radius 3 is 3.06 bits per heavy atom. The van der Waals surface area contributed by atoms with Crippen molar-refractivity contribution in [3.8, 4) is 6.07 Å². The van der Waals surface area contributed by atoms with E-state index < -0.39 is 0 Å². The molecule has 0 saturated carbocycles. The largest absolute Gasteiger partial charge is 0.375 e. The summed E-state index contributed by atoms with van der Waals surface area (Å²) in [5, 5.41) is 14.6. The molecule has 2 rings (SSSR count). The van der Waals surface area contributed by atoms with Crippen LogP contribution in [-0.2, 0) is 0 Å². The van der Waals surface area contributed by atoms with Gasteiger partial charge in [-0.3, -0.25) is 4.98 Å². The molecule has 0 aromatic carbocycles. The second-order valence-electron chi connectivity index (χ2n) is 4.03. The van der Waals surface area contributed by atoms with Gasteiger partial charge in [-0.2, -0.15) is 5.26 Å². The van der Waals surface area contributed by atoms with Crippen LogP contribution >= 0.6 is 11.3 Å². The maximum absolute atomic E-state index is 9.08. The molecule has 3 nitrogen and oxygen atoms in total. The van der Waals surface area contributed by atoms with E-state index in [1.807, 2.05) is 0 Å². The molecule has 92 valence electrons. The van der Waals surface area contributed by atoms with Crippen molar-refractivity contribution in [3.05, 3.63) is 46.4 Å². The second kappa shape index (κ2) is 6.18. The molecule has 1 atom stereocenters. The van der Waals surface area contributed by atoms with E-state index >= 15 is 0 Å². The van der Waals surface area contributed by atoms with Gasteiger partial charge in [-0.1, -0.05) is 19.4 Å². The molecule has 0 fully saturated rings. The molecule has 1 N–H and O–H groups in total. The van der Waals surface area contributed by atoms with Crippen LogP contribution in [0.15, 0.2) is 36.0 Å². The molecular formula is C14H15N3S. The third kappa shape index (κ3) is 2.88. The molecule has 0 aliphatic carbocycles. The Morgan fingerprint density at radius 2 is 2.39 bits per heavy atom. The van der Waals surface area contributed by atoms with Gasteiger partial charge in [-0.15, -0.1) is 11.3 Å². The summed E-state index contributed by atoms with van der Waals surface area (Å²) in [4.78, 5) is 5.37. The van der Waals surface area contributed by atoms with Crippen molar-refractivity contribution in [1.82, 2.24) is 4.98 Å². The van der Waals surface area contributed by atoms with Crippen molar-refractivity contribution in [2.75, 3.05) is 5.32 Å². The van der Waals surface area contributed by atoms with E-state index in [1.54, 1.807) is 29.8 Å². The molecule has 0 bridgehead atoms. The molecule has 4 heteroatoms. The Morgan fingerprint density at radius 1 is 1.50 bits per heavy atom. The summed E-state index contributed by atoms with van der Waals surface area (Å²) in [6.45, 7) is 2.16. The van der Waals surface area contributed by atoms with Gasteiger partial charge in [0.15, 0.2) is 0 Å². The third-order valence-corrected chi connectivity index (χ3v) is 3.72. The van der Waals surface area contributed by atoms with Crippen molar-refractivity contribution < 1.29 is 0 Å². The highest BCUT2D eigenvalue weighted by atomic mass is 32.1. The van der Waals surface area contributed by atoms with Crippen molar-refractivity contribution in [1.29, 1.82) is 5.26 Å². The van der Waals surface area contributed by atoms with Gasteiger partial charge in [0, 0.05) is 11.1 Å². The van der Waals surface area contributed by atoms with Gasteiger partial charge >= 0.3 is 0 Å². The number of nitrogens with zero attached hydrogens (tertiary/aromatic N) is 2. The summed E-state index contributed by atoms with van der Waals surface area (Å²) < 4.78 is 0. The first-order chi connectivity index (χ1) is 8.85. The number of pyridine rings is 1. The monoisotopic (exact) mass is 257 g/mol. The number of rotatable bonds is 5. The van der Waals surface area contributed by atoms with Gasteiger partial charge in [-0.05, 0) is 23.9 Å². The molecule has 0 amide bonds. The lowest BCUT2D eigenvalue weighted by molar-refractivity contribution is 0.687. The quantitative estimate of drug-likeness (QED) is 0.881. The molecular weight excluding hydrogens is 242 g/mol.